The molecule has 0 aliphatic rings. The molecular weight excluding hydrogens is 529 g/mol. The minimum absolute atomic E-state index is 0.144. The van der Waals surface area contributed by atoms with Crippen LogP contribution in [0.3, 0.4) is 0 Å². The van der Waals surface area contributed by atoms with E-state index in [9.17, 15) is 8.42 Å². The third-order valence-electron chi connectivity index (χ3n) is 5.50. The van der Waals surface area contributed by atoms with Crippen molar-refractivity contribution in [2.24, 2.45) is 0 Å². The van der Waals surface area contributed by atoms with Crippen molar-refractivity contribution in [3.05, 3.63) is 59.7 Å². The van der Waals surface area contributed by atoms with Gasteiger partial charge in [-0.2, -0.15) is 0 Å². The lowest BCUT2D eigenvalue weighted by Gasteiger charge is -2.32. The molecule has 0 heterocycles. The predicted molar refractivity (Wildman–Crippen MR) is 133 cm³/mol. The molecule has 0 radical (unpaired) electrons. The fourth-order valence-corrected chi connectivity index (χ4v) is 10.3. The van der Waals surface area contributed by atoms with Gasteiger partial charge in [0.25, 0.3) is 0 Å². The second-order valence-corrected chi connectivity index (χ2v) is 16.8. The van der Waals surface area contributed by atoms with E-state index in [4.69, 9.17) is 9.16 Å². The fourth-order valence-electron chi connectivity index (χ4n) is 3.44. The molecule has 0 aromatic heterocycles. The average molecular weight is 562 g/mol. The van der Waals surface area contributed by atoms with E-state index in [1.807, 2.05) is 12.1 Å². The Morgan fingerprint density at radius 3 is 2.37 bits per heavy atom. The maximum Gasteiger partial charge on any atom is 0.243 e. The first kappa shape index (κ1) is 25.3. The zero-order chi connectivity index (χ0) is 22.2. The number of halogens is 1. The Balaban J connectivity index is 2.02. The maximum atomic E-state index is 12.2. The molecule has 2 aromatic rings. The topological polar surface area (TPSA) is 64.6 Å². The number of ether oxygens (including phenoxy) is 1. The molecule has 1 atom stereocenters. The zero-order valence-corrected chi connectivity index (χ0v) is 22.1. The van der Waals surface area contributed by atoms with Crippen LogP contribution in [0.15, 0.2) is 53.4 Å². The largest absolute Gasteiger partial charge is 0.487 e. The smallest absolute Gasteiger partial charge is 0.243 e. The van der Waals surface area contributed by atoms with E-state index in [0.717, 1.165) is 30.7 Å². The van der Waals surface area contributed by atoms with E-state index in [1.165, 1.54) is 12.6 Å². The van der Waals surface area contributed by atoms with Crippen LogP contribution in [0.5, 0.6) is 5.75 Å². The lowest BCUT2D eigenvalue weighted by atomic mass is 10.1. The Labute approximate surface area is 195 Å². The van der Waals surface area contributed by atoms with Crippen LogP contribution in [0.4, 0.5) is 0 Å². The Morgan fingerprint density at radius 1 is 1.07 bits per heavy atom. The van der Waals surface area contributed by atoms with Gasteiger partial charge in [-0.1, -0.05) is 79.8 Å². The number of nitrogens with one attached hydrogen (secondary N) is 1. The minimum atomic E-state index is -3.57. The van der Waals surface area contributed by atoms with E-state index in [2.05, 4.69) is 60.2 Å². The molecule has 2 rings (SSSR count). The number of sulfonamides is 1. The van der Waals surface area contributed by atoms with Gasteiger partial charge in [0.05, 0.1) is 0 Å². The molecule has 30 heavy (non-hydrogen) atoms. The molecule has 1 N–H and O–H groups in total. The molecule has 0 bridgehead atoms. The van der Waals surface area contributed by atoms with Crippen molar-refractivity contribution in [2.45, 2.75) is 54.3 Å². The number of hydrogen-bond acceptors (Lipinski definition) is 4. The van der Waals surface area contributed by atoms with Crippen molar-refractivity contribution < 1.29 is 17.6 Å². The summed E-state index contributed by atoms with van der Waals surface area (Å²) in [4.78, 5) is 0.144. The molecule has 0 saturated carbocycles. The van der Waals surface area contributed by atoms with Gasteiger partial charge in [0, 0.05) is 10.2 Å². The molecule has 0 spiro atoms. The Kier molecular flexibility index (Phi) is 9.80. The van der Waals surface area contributed by atoms with Crippen LogP contribution >= 0.6 is 22.6 Å². The van der Waals surface area contributed by atoms with Crippen LogP contribution in [-0.2, 0) is 27.5 Å². The van der Waals surface area contributed by atoms with Gasteiger partial charge in [-0.25, -0.2) is 13.1 Å². The number of para-hydroxylation sites is 1. The van der Waals surface area contributed by atoms with Gasteiger partial charge in [0.15, 0.2) is 0 Å². The van der Waals surface area contributed by atoms with Crippen LogP contribution < -0.4 is 9.46 Å². The average Bonchev–Trinajstić information content (AvgIpc) is 2.76. The summed E-state index contributed by atoms with van der Waals surface area (Å²) in [5.74, 6) is 0.346. The fraction of sp³-hybridized carbons (Fsp3) is 0.455. The first-order valence-electron chi connectivity index (χ1n) is 10.3. The Hall–Kier alpha value is -0.943. The minimum Gasteiger partial charge on any atom is -0.487 e. The van der Waals surface area contributed by atoms with Gasteiger partial charge in [0.1, 0.15) is 17.3 Å². The summed E-state index contributed by atoms with van der Waals surface area (Å²) < 4.78 is 39.6. The van der Waals surface area contributed by atoms with E-state index in [-0.39, 0.29) is 4.90 Å². The second kappa shape index (κ2) is 11.6. The summed E-state index contributed by atoms with van der Waals surface area (Å²) in [5.41, 5.74) is 2.20. The number of hydrogen-bond donors (Lipinski definition) is 1. The van der Waals surface area contributed by atoms with Crippen molar-refractivity contribution in [1.82, 2.24) is 4.72 Å². The summed E-state index contributed by atoms with van der Waals surface area (Å²) in [5, 5.41) is 0. The van der Waals surface area contributed by atoms with Gasteiger partial charge in [-0.15, -0.1) is 0 Å². The summed E-state index contributed by atoms with van der Waals surface area (Å²) in [6, 6.07) is 17.1. The second-order valence-electron chi connectivity index (χ2n) is 7.25. The van der Waals surface area contributed by atoms with Crippen molar-refractivity contribution in [1.29, 1.82) is 0 Å². The lowest BCUT2D eigenvalue weighted by Crippen LogP contribution is -2.45. The molecule has 5 nitrogen and oxygen atoms in total. The molecule has 166 valence electrons. The molecule has 0 fully saturated rings. The van der Waals surface area contributed by atoms with Crippen LogP contribution in [0.25, 0.3) is 0 Å². The molecule has 0 amide bonds. The van der Waals surface area contributed by atoms with Crippen LogP contribution in [-0.4, -0.2) is 33.9 Å². The third-order valence-corrected chi connectivity index (χ3v) is 15.0. The first-order chi connectivity index (χ1) is 14.3. The molecule has 2 aromatic carbocycles. The molecule has 0 aliphatic heterocycles. The standard InChI is InChI=1S/C22H32INO4SSi/c1-5-30(6-2,18(3)23)28-15-14-19-10-9-11-20(16-19)17-27-21-12-7-8-13-22(21)29(25,26)24-4/h7-13,16,18,24H,5-6,14-15,17H2,1-4H3/t18-/m0/s1. The van der Waals surface area contributed by atoms with Gasteiger partial charge in [0.2, 0.25) is 18.3 Å². The Bertz CT molecular complexity index is 917. The summed E-state index contributed by atoms with van der Waals surface area (Å²) >= 11 is 2.52. The quantitative estimate of drug-likeness (QED) is 0.223. The van der Waals surface area contributed by atoms with Crippen molar-refractivity contribution in [2.75, 3.05) is 13.7 Å². The lowest BCUT2D eigenvalue weighted by molar-refractivity contribution is 0.296. The van der Waals surface area contributed by atoms with Crippen LogP contribution in [0, 0.1) is 0 Å². The third kappa shape index (κ3) is 6.53. The number of benzene rings is 2. The number of alkyl halides is 1. The monoisotopic (exact) mass is 561 g/mol. The summed E-state index contributed by atoms with van der Waals surface area (Å²) in [7, 11) is -3.85. The number of rotatable bonds is 12. The van der Waals surface area contributed by atoms with E-state index in [1.54, 1.807) is 24.3 Å². The summed E-state index contributed by atoms with van der Waals surface area (Å²) in [6.45, 7) is 7.79. The van der Waals surface area contributed by atoms with Crippen molar-refractivity contribution in [3.8, 4) is 5.75 Å². The van der Waals surface area contributed by atoms with E-state index < -0.39 is 18.3 Å². The van der Waals surface area contributed by atoms with Crippen molar-refractivity contribution in [3.63, 3.8) is 0 Å². The highest BCUT2D eigenvalue weighted by atomic mass is 127. The van der Waals surface area contributed by atoms with Crippen LogP contribution in [0.2, 0.25) is 12.1 Å². The van der Waals surface area contributed by atoms with Gasteiger partial charge in [-0.05, 0) is 48.8 Å². The van der Waals surface area contributed by atoms with E-state index in [0.29, 0.717) is 15.9 Å². The molecular formula is C22H32INO4SSi. The maximum absolute atomic E-state index is 12.2. The summed E-state index contributed by atoms with van der Waals surface area (Å²) in [6.07, 6.45) is 0.858. The van der Waals surface area contributed by atoms with Gasteiger partial charge < -0.3 is 9.16 Å². The molecule has 8 heteroatoms. The normalized spacial score (nSPS) is 13.2. The predicted octanol–water partition coefficient (Wildman–Crippen LogP) is 5.08. The highest BCUT2D eigenvalue weighted by Gasteiger charge is 2.35. The first-order valence-corrected chi connectivity index (χ1v) is 15.4. The highest BCUT2D eigenvalue weighted by Crippen LogP contribution is 2.27. The van der Waals surface area contributed by atoms with Crippen LogP contribution in [0.1, 0.15) is 31.9 Å². The van der Waals surface area contributed by atoms with E-state index >= 15 is 0 Å². The van der Waals surface area contributed by atoms with Gasteiger partial charge in [-0.3, -0.25) is 0 Å². The molecule has 0 unspecified atom stereocenters. The zero-order valence-electron chi connectivity index (χ0n) is 18.2. The molecule has 0 aliphatic carbocycles. The SMILES string of the molecule is CC[Si](CC)(OCCc1cccc(COc2ccccc2S(=O)(=O)NC)c1)[C@@H](C)I. The van der Waals surface area contributed by atoms with Gasteiger partial charge >= 0.3 is 0 Å². The Morgan fingerprint density at radius 2 is 1.73 bits per heavy atom. The van der Waals surface area contributed by atoms with Crippen molar-refractivity contribution >= 4 is 40.9 Å². The molecule has 0 saturated heterocycles. The highest BCUT2D eigenvalue weighted by molar-refractivity contribution is 14.1.